The summed E-state index contributed by atoms with van der Waals surface area (Å²) < 4.78 is 6.51. The van der Waals surface area contributed by atoms with Gasteiger partial charge < -0.3 is 9.84 Å². The summed E-state index contributed by atoms with van der Waals surface area (Å²) in [5, 5.41) is 13.0. The molecule has 146 valence electrons. The summed E-state index contributed by atoms with van der Waals surface area (Å²) in [6.45, 7) is 0.272. The normalized spacial score (nSPS) is 10.7. The number of carbonyl (C=O) groups is 2. The highest BCUT2D eigenvalue weighted by atomic mass is 79.9. The maximum Gasteiger partial charge on any atom is 0.335 e. The van der Waals surface area contributed by atoms with E-state index in [0.29, 0.717) is 21.3 Å². The first-order valence-electron chi connectivity index (χ1n) is 8.66. The highest BCUT2D eigenvalue weighted by molar-refractivity contribution is 9.10. The topological polar surface area (TPSA) is 88.0 Å². The van der Waals surface area contributed by atoms with Gasteiger partial charge in [-0.1, -0.05) is 36.4 Å². The van der Waals surface area contributed by atoms with Gasteiger partial charge in [0.25, 0.3) is 5.91 Å². The number of hydrogen-bond donors (Lipinski definition) is 2. The van der Waals surface area contributed by atoms with E-state index in [9.17, 15) is 9.59 Å². The van der Waals surface area contributed by atoms with Crippen LogP contribution in [0, 0.1) is 0 Å². The van der Waals surface area contributed by atoms with E-state index in [0.717, 1.165) is 5.56 Å². The number of carbonyl (C=O) groups excluding carboxylic acids is 1. The van der Waals surface area contributed by atoms with Crippen LogP contribution in [0.2, 0.25) is 0 Å². The zero-order valence-corrected chi connectivity index (χ0v) is 16.8. The molecule has 3 aromatic carbocycles. The smallest absolute Gasteiger partial charge is 0.335 e. The number of benzene rings is 3. The molecule has 0 atom stereocenters. The van der Waals surface area contributed by atoms with E-state index in [4.69, 9.17) is 9.84 Å². The number of hydrazone groups is 1. The molecule has 2 N–H and O–H groups in total. The molecule has 0 heterocycles. The third-order valence-electron chi connectivity index (χ3n) is 4.00. The highest BCUT2D eigenvalue weighted by Gasteiger charge is 2.08. The van der Waals surface area contributed by atoms with Gasteiger partial charge in [0, 0.05) is 10.0 Å². The number of rotatable bonds is 7. The first-order valence-corrected chi connectivity index (χ1v) is 9.46. The molecule has 6 nitrogen and oxygen atoms in total. The Balaban J connectivity index is 1.64. The monoisotopic (exact) mass is 452 g/mol. The summed E-state index contributed by atoms with van der Waals surface area (Å²) in [5.74, 6) is -0.706. The van der Waals surface area contributed by atoms with Crippen LogP contribution in [0.15, 0.2) is 82.4 Å². The predicted molar refractivity (Wildman–Crippen MR) is 113 cm³/mol. The first kappa shape index (κ1) is 20.3. The van der Waals surface area contributed by atoms with Gasteiger partial charge in [-0.15, -0.1) is 0 Å². The SMILES string of the molecule is O=C(O)c1ccc(COc2ccccc2/C=N/NC(=O)c2ccccc2Br)cc1. The average molecular weight is 453 g/mol. The van der Waals surface area contributed by atoms with Gasteiger partial charge in [-0.05, 0) is 57.9 Å². The zero-order chi connectivity index (χ0) is 20.6. The molecule has 0 aliphatic heterocycles. The summed E-state index contributed by atoms with van der Waals surface area (Å²) in [6.07, 6.45) is 1.51. The molecule has 3 rings (SSSR count). The van der Waals surface area contributed by atoms with Crippen molar-refractivity contribution in [2.75, 3.05) is 0 Å². The quantitative estimate of drug-likeness (QED) is 0.408. The Hall–Kier alpha value is -3.45. The first-order chi connectivity index (χ1) is 14.0. The molecule has 1 amide bonds. The average Bonchev–Trinajstić information content (AvgIpc) is 2.73. The number of hydrogen-bond acceptors (Lipinski definition) is 4. The maximum absolute atomic E-state index is 12.2. The van der Waals surface area contributed by atoms with Gasteiger partial charge in [-0.2, -0.15) is 5.10 Å². The summed E-state index contributed by atoms with van der Waals surface area (Å²) in [7, 11) is 0. The Morgan fingerprint density at radius 3 is 2.41 bits per heavy atom. The number of ether oxygens (including phenoxy) is 1. The van der Waals surface area contributed by atoms with Crippen molar-refractivity contribution in [3.8, 4) is 5.75 Å². The van der Waals surface area contributed by atoms with E-state index in [1.54, 1.807) is 36.4 Å². The van der Waals surface area contributed by atoms with E-state index in [1.165, 1.54) is 18.3 Å². The second-order valence-electron chi connectivity index (χ2n) is 6.01. The lowest BCUT2D eigenvalue weighted by Crippen LogP contribution is -2.18. The number of carboxylic acids is 1. The Kier molecular flexibility index (Phi) is 6.76. The number of halogens is 1. The lowest BCUT2D eigenvalue weighted by atomic mass is 10.1. The van der Waals surface area contributed by atoms with Crippen LogP contribution < -0.4 is 10.2 Å². The molecule has 29 heavy (non-hydrogen) atoms. The van der Waals surface area contributed by atoms with E-state index in [1.807, 2.05) is 24.3 Å². The van der Waals surface area contributed by atoms with Gasteiger partial charge in [0.05, 0.1) is 17.3 Å². The van der Waals surface area contributed by atoms with Crippen molar-refractivity contribution in [1.29, 1.82) is 0 Å². The molecule has 0 bridgehead atoms. The second kappa shape index (κ2) is 9.66. The molecule has 0 radical (unpaired) electrons. The Labute approximate surface area is 176 Å². The van der Waals surface area contributed by atoms with Gasteiger partial charge in [0.15, 0.2) is 0 Å². The van der Waals surface area contributed by atoms with E-state index in [-0.39, 0.29) is 18.1 Å². The fourth-order valence-electron chi connectivity index (χ4n) is 2.49. The fraction of sp³-hybridized carbons (Fsp3) is 0.0455. The third-order valence-corrected chi connectivity index (χ3v) is 4.69. The molecule has 0 aliphatic carbocycles. The van der Waals surface area contributed by atoms with Crippen molar-refractivity contribution in [1.82, 2.24) is 5.43 Å². The van der Waals surface area contributed by atoms with Crippen molar-refractivity contribution in [2.45, 2.75) is 6.61 Å². The minimum atomic E-state index is -0.969. The summed E-state index contributed by atoms with van der Waals surface area (Å²) in [5.41, 5.74) is 4.74. The van der Waals surface area contributed by atoms with Crippen LogP contribution >= 0.6 is 15.9 Å². The predicted octanol–water partition coefficient (Wildman–Crippen LogP) is 4.49. The standard InChI is InChI=1S/C22H17BrN2O4/c23-19-7-3-2-6-18(19)21(26)25-24-13-17-5-1-4-8-20(17)29-14-15-9-11-16(12-10-15)22(27)28/h1-13H,14H2,(H,25,26)(H,27,28)/b24-13+. The van der Waals surface area contributed by atoms with Crippen LogP contribution in [0.5, 0.6) is 5.75 Å². The van der Waals surface area contributed by atoms with Crippen molar-refractivity contribution in [3.05, 3.63) is 99.5 Å². The fourth-order valence-corrected chi connectivity index (χ4v) is 2.95. The van der Waals surface area contributed by atoms with E-state index in [2.05, 4.69) is 26.5 Å². The molecule has 0 fully saturated rings. The highest BCUT2D eigenvalue weighted by Crippen LogP contribution is 2.18. The molecule has 0 saturated heterocycles. The van der Waals surface area contributed by atoms with E-state index >= 15 is 0 Å². The number of nitrogens with zero attached hydrogens (tertiary/aromatic N) is 1. The van der Waals surface area contributed by atoms with Crippen LogP contribution in [0.3, 0.4) is 0 Å². The molecule has 0 aliphatic rings. The molecule has 3 aromatic rings. The number of nitrogens with one attached hydrogen (secondary N) is 1. The molecular formula is C22H17BrN2O4. The van der Waals surface area contributed by atoms with Crippen LogP contribution in [0.25, 0.3) is 0 Å². The van der Waals surface area contributed by atoms with Gasteiger partial charge in [0.2, 0.25) is 0 Å². The Bertz CT molecular complexity index is 1050. The number of amides is 1. The van der Waals surface area contributed by atoms with Gasteiger partial charge in [0.1, 0.15) is 12.4 Å². The zero-order valence-electron chi connectivity index (χ0n) is 15.2. The molecule has 0 aromatic heterocycles. The Morgan fingerprint density at radius 2 is 1.69 bits per heavy atom. The van der Waals surface area contributed by atoms with Crippen molar-refractivity contribution < 1.29 is 19.4 Å². The number of aromatic carboxylic acids is 1. The van der Waals surface area contributed by atoms with Crippen LogP contribution in [-0.4, -0.2) is 23.2 Å². The summed E-state index contributed by atoms with van der Waals surface area (Å²) in [4.78, 5) is 23.1. The number of para-hydroxylation sites is 1. The summed E-state index contributed by atoms with van der Waals surface area (Å²) in [6, 6.07) is 20.8. The maximum atomic E-state index is 12.2. The lowest BCUT2D eigenvalue weighted by Gasteiger charge is -2.09. The molecule has 0 unspecified atom stereocenters. The van der Waals surface area contributed by atoms with Crippen molar-refractivity contribution >= 4 is 34.0 Å². The third kappa shape index (κ3) is 5.52. The molecule has 0 saturated carbocycles. The molecule has 0 spiro atoms. The van der Waals surface area contributed by atoms with Crippen molar-refractivity contribution in [2.24, 2.45) is 5.10 Å². The Morgan fingerprint density at radius 1 is 1.00 bits per heavy atom. The summed E-state index contributed by atoms with van der Waals surface area (Å²) >= 11 is 3.34. The van der Waals surface area contributed by atoms with Crippen LogP contribution in [0.1, 0.15) is 31.8 Å². The minimum absolute atomic E-state index is 0.224. The minimum Gasteiger partial charge on any atom is -0.488 e. The van der Waals surface area contributed by atoms with Gasteiger partial charge in [-0.25, -0.2) is 10.2 Å². The van der Waals surface area contributed by atoms with Gasteiger partial charge in [-0.3, -0.25) is 4.79 Å². The van der Waals surface area contributed by atoms with Crippen LogP contribution in [0.4, 0.5) is 0 Å². The number of carboxylic acid groups (broad SMARTS) is 1. The lowest BCUT2D eigenvalue weighted by molar-refractivity contribution is 0.0696. The second-order valence-corrected chi connectivity index (χ2v) is 6.86. The van der Waals surface area contributed by atoms with E-state index < -0.39 is 5.97 Å². The molecule has 7 heteroatoms. The largest absolute Gasteiger partial charge is 0.488 e. The van der Waals surface area contributed by atoms with Crippen LogP contribution in [-0.2, 0) is 6.61 Å². The molecular weight excluding hydrogens is 436 g/mol. The van der Waals surface area contributed by atoms with Crippen molar-refractivity contribution in [3.63, 3.8) is 0 Å². The van der Waals surface area contributed by atoms with Gasteiger partial charge >= 0.3 is 5.97 Å².